The maximum absolute atomic E-state index is 2.75. The Balaban J connectivity index is 2.48. The average molecular weight is 213 g/mol. The summed E-state index contributed by atoms with van der Waals surface area (Å²) in [6.07, 6.45) is 0. The number of hydrogen-bond acceptors (Lipinski definition) is 2. The molecular weight excluding hydrogens is 194 g/mol. The van der Waals surface area contributed by atoms with E-state index in [0.29, 0.717) is 0 Å². The van der Waals surface area contributed by atoms with E-state index in [0.717, 1.165) is 0 Å². The van der Waals surface area contributed by atoms with Gasteiger partial charge >= 0.3 is 75.8 Å². The van der Waals surface area contributed by atoms with Crippen molar-refractivity contribution in [1.29, 1.82) is 0 Å². The molecule has 0 N–H and O–H groups in total. The van der Waals surface area contributed by atoms with Gasteiger partial charge in [0.05, 0.1) is 0 Å². The van der Waals surface area contributed by atoms with E-state index in [4.69, 9.17) is 0 Å². The van der Waals surface area contributed by atoms with Gasteiger partial charge in [0.25, 0.3) is 0 Å². The van der Waals surface area contributed by atoms with Crippen molar-refractivity contribution in [3.05, 3.63) is 0 Å². The van der Waals surface area contributed by atoms with Crippen LogP contribution in [0.25, 0.3) is 0 Å². The van der Waals surface area contributed by atoms with Crippen molar-refractivity contribution >= 4 is 16.7 Å². The molecule has 1 saturated heterocycles. The van der Waals surface area contributed by atoms with Crippen LogP contribution in [0.3, 0.4) is 0 Å². The fourth-order valence-corrected chi connectivity index (χ4v) is 8.68. The van der Waals surface area contributed by atoms with Crippen molar-refractivity contribution in [1.82, 2.24) is 7.21 Å². The summed E-state index contributed by atoms with van der Waals surface area (Å²) in [6.45, 7) is 12.2. The molecule has 1 rings (SSSR count). The quantitative estimate of drug-likeness (QED) is 0.649. The Bertz CT molecular complexity index is 107. The molecule has 0 unspecified atom stereocenters. The SMILES string of the molecule is CC[N]1CC[N](CC)[Ga]1[CH2]C. The van der Waals surface area contributed by atoms with Crippen molar-refractivity contribution in [2.75, 3.05) is 26.2 Å². The second kappa shape index (κ2) is 4.55. The van der Waals surface area contributed by atoms with Crippen LogP contribution in [-0.4, -0.2) is 50.1 Å². The molecule has 0 aromatic carbocycles. The summed E-state index contributed by atoms with van der Waals surface area (Å²) in [5, 5.41) is 0. The van der Waals surface area contributed by atoms with Crippen LogP contribution in [0.5, 0.6) is 0 Å². The van der Waals surface area contributed by atoms with Gasteiger partial charge in [-0.2, -0.15) is 0 Å². The Labute approximate surface area is 76.1 Å². The van der Waals surface area contributed by atoms with Crippen molar-refractivity contribution < 1.29 is 0 Å². The standard InChI is InChI=1S/C6H14N2.C2H5.Ga/c1-3-7-5-6-8-4-2;1-2;/h3-6H2,1-2H3;1H2,2H3;/q-2;;+2. The third kappa shape index (κ3) is 2.02. The van der Waals surface area contributed by atoms with Crippen molar-refractivity contribution in [3.63, 3.8) is 0 Å². The molecule has 0 saturated carbocycles. The maximum atomic E-state index is 2.75. The molecular formula is C8H19GaN2. The van der Waals surface area contributed by atoms with Gasteiger partial charge in [-0.1, -0.05) is 0 Å². The minimum atomic E-state index is -1.10. The first-order valence-corrected chi connectivity index (χ1v) is 8.69. The molecule has 0 aliphatic carbocycles. The first-order valence-electron chi connectivity index (χ1n) is 4.81. The molecule has 1 fully saturated rings. The Morgan fingerprint density at radius 3 is 1.73 bits per heavy atom. The molecule has 2 nitrogen and oxygen atoms in total. The van der Waals surface area contributed by atoms with Gasteiger partial charge in [0.1, 0.15) is 0 Å². The Morgan fingerprint density at radius 2 is 1.45 bits per heavy atom. The molecule has 0 bridgehead atoms. The van der Waals surface area contributed by atoms with Crippen molar-refractivity contribution in [2.45, 2.75) is 25.7 Å². The number of likely N-dealkylation sites (N-methyl/N-ethyl adjacent to an activating group) is 2. The Kier molecular flexibility index (Phi) is 3.99. The molecule has 1 heterocycles. The third-order valence-corrected chi connectivity index (χ3v) is 10.4. The molecule has 1 aliphatic heterocycles. The van der Waals surface area contributed by atoms with Crippen molar-refractivity contribution in [2.24, 2.45) is 0 Å². The zero-order valence-electron chi connectivity index (χ0n) is 8.01. The van der Waals surface area contributed by atoms with Crippen molar-refractivity contribution in [3.8, 4) is 0 Å². The van der Waals surface area contributed by atoms with Crippen LogP contribution in [-0.2, 0) is 0 Å². The Morgan fingerprint density at radius 1 is 1.00 bits per heavy atom. The normalized spacial score (nSPS) is 21.5. The van der Waals surface area contributed by atoms with Crippen LogP contribution in [0.15, 0.2) is 0 Å². The van der Waals surface area contributed by atoms with E-state index in [1.54, 1.807) is 0 Å². The first kappa shape index (κ1) is 9.64. The van der Waals surface area contributed by atoms with Gasteiger partial charge in [0.2, 0.25) is 0 Å². The van der Waals surface area contributed by atoms with Crippen LogP contribution in [0, 0.1) is 0 Å². The third-order valence-electron chi connectivity index (χ3n) is 2.69. The molecule has 11 heavy (non-hydrogen) atoms. The summed E-state index contributed by atoms with van der Waals surface area (Å²) < 4.78 is 5.49. The van der Waals surface area contributed by atoms with E-state index in [9.17, 15) is 0 Å². The molecule has 3 heteroatoms. The summed E-state index contributed by atoms with van der Waals surface area (Å²) in [4.78, 5) is 1.45. The summed E-state index contributed by atoms with van der Waals surface area (Å²) >= 11 is -1.10. The van der Waals surface area contributed by atoms with Gasteiger partial charge in [-0.3, -0.25) is 0 Å². The van der Waals surface area contributed by atoms with E-state index in [1.165, 1.54) is 31.2 Å². The predicted molar refractivity (Wildman–Crippen MR) is 50.7 cm³/mol. The van der Waals surface area contributed by atoms with Gasteiger partial charge in [0.15, 0.2) is 0 Å². The van der Waals surface area contributed by atoms with Crippen LogP contribution in [0.1, 0.15) is 20.8 Å². The summed E-state index contributed by atoms with van der Waals surface area (Å²) in [5.41, 5.74) is 0. The fraction of sp³-hybridized carbons (Fsp3) is 1.00. The van der Waals surface area contributed by atoms with Crippen LogP contribution < -0.4 is 0 Å². The topological polar surface area (TPSA) is 6.48 Å². The number of hydrogen-bond donors (Lipinski definition) is 0. The molecule has 0 amide bonds. The van der Waals surface area contributed by atoms with E-state index >= 15 is 0 Å². The summed E-state index contributed by atoms with van der Waals surface area (Å²) in [7, 11) is 0. The van der Waals surface area contributed by atoms with Crippen LogP contribution in [0.2, 0.25) is 4.98 Å². The molecule has 0 spiro atoms. The van der Waals surface area contributed by atoms with Gasteiger partial charge < -0.3 is 0 Å². The zero-order chi connectivity index (χ0) is 8.27. The first-order chi connectivity index (χ1) is 5.33. The van der Waals surface area contributed by atoms with Crippen LogP contribution in [0.4, 0.5) is 0 Å². The number of rotatable bonds is 3. The summed E-state index contributed by atoms with van der Waals surface area (Å²) in [6, 6.07) is 0. The van der Waals surface area contributed by atoms with E-state index in [1.807, 2.05) is 0 Å². The summed E-state index contributed by atoms with van der Waals surface area (Å²) in [5.74, 6) is 0. The molecule has 64 valence electrons. The Hall–Kier alpha value is 0.556. The molecule has 0 radical (unpaired) electrons. The average Bonchev–Trinajstić information content (AvgIpc) is 2.45. The fourth-order valence-electron chi connectivity index (χ4n) is 2.04. The predicted octanol–water partition coefficient (Wildman–Crippen LogP) is 1.15. The number of nitrogens with zero attached hydrogens (tertiary/aromatic N) is 2. The van der Waals surface area contributed by atoms with E-state index in [-0.39, 0.29) is 0 Å². The monoisotopic (exact) mass is 212 g/mol. The second-order valence-corrected chi connectivity index (χ2v) is 9.94. The zero-order valence-corrected chi connectivity index (χ0v) is 10.4. The molecule has 0 aromatic rings. The minimum absolute atomic E-state index is 1.10. The van der Waals surface area contributed by atoms with Gasteiger partial charge in [-0.05, 0) is 0 Å². The molecule has 0 atom stereocenters. The molecule has 0 aromatic heterocycles. The van der Waals surface area contributed by atoms with E-state index in [2.05, 4.69) is 28.0 Å². The van der Waals surface area contributed by atoms with Crippen LogP contribution >= 0.6 is 0 Å². The molecule has 1 aliphatic rings. The van der Waals surface area contributed by atoms with E-state index < -0.39 is 16.7 Å². The van der Waals surface area contributed by atoms with Gasteiger partial charge in [-0.25, -0.2) is 0 Å². The van der Waals surface area contributed by atoms with Gasteiger partial charge in [-0.15, -0.1) is 0 Å². The second-order valence-electron chi connectivity index (χ2n) is 3.15. The van der Waals surface area contributed by atoms with Gasteiger partial charge in [0, 0.05) is 0 Å².